The van der Waals surface area contributed by atoms with Crippen LogP contribution in [0.1, 0.15) is 11.3 Å². The van der Waals surface area contributed by atoms with Crippen molar-refractivity contribution in [2.75, 3.05) is 6.54 Å². The molecule has 0 spiro atoms. The molecule has 0 saturated carbocycles. The van der Waals surface area contributed by atoms with Crippen molar-refractivity contribution in [3.63, 3.8) is 0 Å². The topological polar surface area (TPSA) is 81.1 Å². The fourth-order valence-corrected chi connectivity index (χ4v) is 3.76. The van der Waals surface area contributed by atoms with Gasteiger partial charge in [0, 0.05) is 17.6 Å². The maximum atomic E-state index is 12.3. The Morgan fingerprint density at radius 1 is 1.17 bits per heavy atom. The normalized spacial score (nSPS) is 11.7. The fourth-order valence-electron chi connectivity index (χ4n) is 1.91. The fraction of sp³-hybridized carbons (Fsp3) is 0.286. The largest absolute Gasteiger partial charge is 0.268 e. The van der Waals surface area contributed by atoms with Gasteiger partial charge in [-0.05, 0) is 37.6 Å². The highest BCUT2D eigenvalue weighted by Gasteiger charge is 2.19. The van der Waals surface area contributed by atoms with E-state index < -0.39 is 10.0 Å². The van der Waals surface area contributed by atoms with Crippen molar-refractivity contribution in [2.45, 2.75) is 25.3 Å². The van der Waals surface area contributed by atoms with Gasteiger partial charge in [0.1, 0.15) is 4.90 Å². The number of nitrogens with one attached hydrogen (secondary N) is 1. The van der Waals surface area contributed by atoms with Crippen LogP contribution in [0.3, 0.4) is 0 Å². The van der Waals surface area contributed by atoms with Gasteiger partial charge in [0.25, 0.3) is 5.56 Å². The third kappa shape index (κ3) is 4.32. The Morgan fingerprint density at radius 3 is 2.57 bits per heavy atom. The molecule has 124 valence electrons. The molecular weight excluding hydrogens is 361 g/mol. The Hall–Kier alpha value is -1.41. The number of aryl methyl sites for hydroxylation is 2. The van der Waals surface area contributed by atoms with Gasteiger partial charge in [-0.15, -0.1) is 0 Å². The minimum atomic E-state index is -3.81. The van der Waals surface area contributed by atoms with E-state index in [0.717, 1.165) is 0 Å². The number of nitrogens with zero attached hydrogens (tertiary/aromatic N) is 2. The van der Waals surface area contributed by atoms with Crippen LogP contribution in [0.4, 0.5) is 0 Å². The second kappa shape index (κ2) is 7.00. The van der Waals surface area contributed by atoms with Crippen molar-refractivity contribution in [1.29, 1.82) is 0 Å². The van der Waals surface area contributed by atoms with Crippen molar-refractivity contribution in [3.05, 3.63) is 55.9 Å². The first-order chi connectivity index (χ1) is 10.7. The van der Waals surface area contributed by atoms with E-state index in [1.807, 2.05) is 0 Å². The van der Waals surface area contributed by atoms with E-state index in [9.17, 15) is 13.2 Å². The quantitative estimate of drug-likeness (QED) is 0.867. The van der Waals surface area contributed by atoms with Crippen LogP contribution in [0, 0.1) is 13.8 Å². The number of sulfonamides is 1. The van der Waals surface area contributed by atoms with Crippen LogP contribution in [-0.4, -0.2) is 24.7 Å². The summed E-state index contributed by atoms with van der Waals surface area (Å²) < 4.78 is 28.2. The number of hydrogen-bond acceptors (Lipinski definition) is 4. The third-order valence-corrected chi connectivity index (χ3v) is 5.45. The molecule has 2 rings (SSSR count). The Bertz CT molecular complexity index is 895. The van der Waals surface area contributed by atoms with E-state index in [-0.39, 0.29) is 28.6 Å². The molecule has 0 aliphatic carbocycles. The van der Waals surface area contributed by atoms with Crippen LogP contribution < -0.4 is 10.3 Å². The summed E-state index contributed by atoms with van der Waals surface area (Å²) in [7, 11) is -3.81. The van der Waals surface area contributed by atoms with Crippen LogP contribution in [0.5, 0.6) is 0 Å². The van der Waals surface area contributed by atoms with Crippen LogP contribution >= 0.6 is 23.2 Å². The van der Waals surface area contributed by atoms with Crippen LogP contribution in [0.15, 0.2) is 34.0 Å². The number of rotatable bonds is 5. The number of halogens is 2. The molecule has 0 atom stereocenters. The Labute approximate surface area is 144 Å². The summed E-state index contributed by atoms with van der Waals surface area (Å²) in [5.74, 6) is 0. The summed E-state index contributed by atoms with van der Waals surface area (Å²) in [5, 5.41) is 4.47. The van der Waals surface area contributed by atoms with Crippen LogP contribution in [-0.2, 0) is 16.6 Å². The van der Waals surface area contributed by atoms with Gasteiger partial charge in [0.2, 0.25) is 10.0 Å². The minimum Gasteiger partial charge on any atom is -0.268 e. The Morgan fingerprint density at radius 2 is 1.87 bits per heavy atom. The smallest absolute Gasteiger partial charge is 0.266 e. The molecule has 2 aromatic rings. The molecule has 1 heterocycles. The Kier molecular flexibility index (Phi) is 5.46. The highest BCUT2D eigenvalue weighted by atomic mass is 35.5. The highest BCUT2D eigenvalue weighted by molar-refractivity contribution is 7.89. The standard InChI is InChI=1S/C14H15Cl2N3O3S/c1-9-7-13(12(16)8-11(9)15)23(21,22)17-5-6-19-14(20)4-3-10(2)18-19/h3-4,7-8,17H,5-6H2,1-2H3. The number of hydrogen-bond donors (Lipinski definition) is 1. The molecule has 0 aliphatic heterocycles. The zero-order valence-electron chi connectivity index (χ0n) is 12.5. The predicted octanol–water partition coefficient (Wildman–Crippen LogP) is 2.15. The van der Waals surface area contributed by atoms with E-state index in [2.05, 4.69) is 9.82 Å². The minimum absolute atomic E-state index is 0.0106. The van der Waals surface area contributed by atoms with Crippen LogP contribution in [0.2, 0.25) is 10.0 Å². The molecule has 0 radical (unpaired) electrons. The van der Waals surface area contributed by atoms with Gasteiger partial charge in [-0.1, -0.05) is 23.2 Å². The van der Waals surface area contributed by atoms with Gasteiger partial charge in [0.05, 0.1) is 17.3 Å². The predicted molar refractivity (Wildman–Crippen MR) is 89.6 cm³/mol. The molecule has 0 bridgehead atoms. The van der Waals surface area contributed by atoms with E-state index in [0.29, 0.717) is 16.3 Å². The van der Waals surface area contributed by atoms with Gasteiger partial charge in [0.15, 0.2) is 0 Å². The number of benzene rings is 1. The summed E-state index contributed by atoms with van der Waals surface area (Å²) in [6, 6.07) is 5.78. The first-order valence-electron chi connectivity index (χ1n) is 6.71. The maximum absolute atomic E-state index is 12.3. The molecule has 1 N–H and O–H groups in total. The first-order valence-corrected chi connectivity index (χ1v) is 8.95. The average Bonchev–Trinajstić information content (AvgIpc) is 2.46. The lowest BCUT2D eigenvalue weighted by molar-refractivity contribution is 0.544. The molecule has 9 heteroatoms. The summed E-state index contributed by atoms with van der Waals surface area (Å²) >= 11 is 11.9. The molecule has 0 saturated heterocycles. The van der Waals surface area contributed by atoms with Gasteiger partial charge < -0.3 is 0 Å². The highest BCUT2D eigenvalue weighted by Crippen LogP contribution is 2.27. The lowest BCUT2D eigenvalue weighted by Gasteiger charge is -2.11. The molecule has 1 aromatic carbocycles. The summed E-state index contributed by atoms with van der Waals surface area (Å²) in [4.78, 5) is 11.6. The molecule has 0 aliphatic rings. The van der Waals surface area contributed by atoms with E-state index in [4.69, 9.17) is 23.2 Å². The second-order valence-corrected chi connectivity index (χ2v) is 7.52. The van der Waals surface area contributed by atoms with Gasteiger partial charge in [-0.25, -0.2) is 17.8 Å². The third-order valence-electron chi connectivity index (χ3n) is 3.12. The molecule has 0 amide bonds. The van der Waals surface area contributed by atoms with Crippen molar-refractivity contribution in [3.8, 4) is 0 Å². The Balaban J connectivity index is 2.15. The monoisotopic (exact) mass is 375 g/mol. The first kappa shape index (κ1) is 17.9. The molecule has 6 nitrogen and oxygen atoms in total. The van der Waals surface area contributed by atoms with E-state index in [1.54, 1.807) is 19.9 Å². The van der Waals surface area contributed by atoms with Crippen molar-refractivity contribution < 1.29 is 8.42 Å². The molecule has 23 heavy (non-hydrogen) atoms. The van der Waals surface area contributed by atoms with E-state index >= 15 is 0 Å². The second-order valence-electron chi connectivity index (χ2n) is 4.97. The zero-order chi connectivity index (χ0) is 17.2. The van der Waals surface area contributed by atoms with Gasteiger partial charge in [-0.3, -0.25) is 4.79 Å². The maximum Gasteiger partial charge on any atom is 0.266 e. The van der Waals surface area contributed by atoms with E-state index in [1.165, 1.54) is 22.9 Å². The molecule has 1 aromatic heterocycles. The molecule has 0 unspecified atom stereocenters. The van der Waals surface area contributed by atoms with Crippen molar-refractivity contribution >= 4 is 33.2 Å². The van der Waals surface area contributed by atoms with Gasteiger partial charge in [-0.2, -0.15) is 5.10 Å². The summed E-state index contributed by atoms with van der Waals surface area (Å²) in [6.07, 6.45) is 0. The summed E-state index contributed by atoms with van der Waals surface area (Å²) in [5.41, 5.74) is 0.979. The lowest BCUT2D eigenvalue weighted by Crippen LogP contribution is -2.32. The molecule has 0 fully saturated rings. The van der Waals surface area contributed by atoms with Crippen molar-refractivity contribution in [1.82, 2.24) is 14.5 Å². The van der Waals surface area contributed by atoms with Crippen LogP contribution in [0.25, 0.3) is 0 Å². The average molecular weight is 376 g/mol. The van der Waals surface area contributed by atoms with Gasteiger partial charge >= 0.3 is 0 Å². The summed E-state index contributed by atoms with van der Waals surface area (Å²) in [6.45, 7) is 3.56. The SMILES string of the molecule is Cc1ccc(=O)n(CCNS(=O)(=O)c2cc(C)c(Cl)cc2Cl)n1. The zero-order valence-corrected chi connectivity index (χ0v) is 14.8. The molecular formula is C14H15Cl2N3O3S. The lowest BCUT2D eigenvalue weighted by atomic mass is 10.2. The van der Waals surface area contributed by atoms with Crippen molar-refractivity contribution in [2.24, 2.45) is 0 Å². The number of aromatic nitrogens is 2.